The number of carbonyl (C=O) groups excluding carboxylic acids is 2. The van der Waals surface area contributed by atoms with Crippen LogP contribution in [0.15, 0.2) is 66.4 Å². The van der Waals surface area contributed by atoms with E-state index < -0.39 is 11.8 Å². The molecular formula is C23H18IN3O2S. The number of carbonyl (C=O) groups is 2. The number of amides is 2. The number of halogens is 1. The summed E-state index contributed by atoms with van der Waals surface area (Å²) in [5, 5.41) is 2.73. The molecule has 30 heavy (non-hydrogen) atoms. The lowest BCUT2D eigenvalue weighted by Crippen LogP contribution is -2.54. The summed E-state index contributed by atoms with van der Waals surface area (Å²) in [5.41, 5.74) is 4.36. The van der Waals surface area contributed by atoms with Crippen LogP contribution in [0.1, 0.15) is 16.8 Å². The van der Waals surface area contributed by atoms with Crippen molar-refractivity contribution in [3.8, 4) is 5.69 Å². The minimum absolute atomic E-state index is 0.0354. The molecule has 0 unspecified atom stereocenters. The fourth-order valence-corrected chi connectivity index (χ4v) is 4.11. The zero-order chi connectivity index (χ0) is 21.4. The number of aryl methyl sites for hydroxylation is 2. The van der Waals surface area contributed by atoms with Crippen LogP contribution in [0, 0.1) is 17.4 Å². The second-order valence-electron chi connectivity index (χ2n) is 7.08. The number of nitrogens with zero attached hydrogens (tertiary/aromatic N) is 2. The number of thiocarbonyl (C=S) groups is 1. The molecule has 5 nitrogen and oxygen atoms in total. The summed E-state index contributed by atoms with van der Waals surface area (Å²) in [6.07, 6.45) is 3.50. The van der Waals surface area contributed by atoms with E-state index in [0.717, 1.165) is 26.1 Å². The fraction of sp³-hybridized carbons (Fsp3) is 0.0870. The highest BCUT2D eigenvalue weighted by Gasteiger charge is 2.34. The summed E-state index contributed by atoms with van der Waals surface area (Å²) in [5.74, 6) is -0.940. The maximum Gasteiger partial charge on any atom is 0.270 e. The van der Waals surface area contributed by atoms with E-state index in [4.69, 9.17) is 12.2 Å². The number of benzene rings is 2. The molecule has 4 rings (SSSR count). The normalized spacial score (nSPS) is 15.6. The van der Waals surface area contributed by atoms with E-state index >= 15 is 0 Å². The van der Waals surface area contributed by atoms with Gasteiger partial charge in [-0.05, 0) is 114 Å². The second-order valence-corrected chi connectivity index (χ2v) is 8.72. The van der Waals surface area contributed by atoms with Crippen LogP contribution in [-0.2, 0) is 9.59 Å². The lowest BCUT2D eigenvalue weighted by atomic mass is 10.1. The molecular weight excluding hydrogens is 509 g/mol. The zero-order valence-corrected chi connectivity index (χ0v) is 19.3. The molecule has 0 bridgehead atoms. The smallest absolute Gasteiger partial charge is 0.270 e. The van der Waals surface area contributed by atoms with Crippen LogP contribution in [0.2, 0.25) is 0 Å². The van der Waals surface area contributed by atoms with Crippen molar-refractivity contribution in [1.82, 2.24) is 9.88 Å². The lowest BCUT2D eigenvalue weighted by Gasteiger charge is -2.29. The van der Waals surface area contributed by atoms with Gasteiger partial charge in [-0.25, -0.2) is 0 Å². The van der Waals surface area contributed by atoms with E-state index in [2.05, 4.69) is 27.9 Å². The Morgan fingerprint density at radius 3 is 2.30 bits per heavy atom. The van der Waals surface area contributed by atoms with Crippen molar-refractivity contribution >= 4 is 63.5 Å². The zero-order valence-electron chi connectivity index (χ0n) is 16.3. The van der Waals surface area contributed by atoms with Gasteiger partial charge >= 0.3 is 0 Å². The highest BCUT2D eigenvalue weighted by atomic mass is 127. The van der Waals surface area contributed by atoms with Crippen molar-refractivity contribution in [2.75, 3.05) is 4.90 Å². The predicted octanol–water partition coefficient (Wildman–Crippen LogP) is 4.53. The summed E-state index contributed by atoms with van der Waals surface area (Å²) in [7, 11) is 0. The van der Waals surface area contributed by atoms with Crippen molar-refractivity contribution in [2.45, 2.75) is 13.8 Å². The summed E-state index contributed by atoms with van der Waals surface area (Å²) in [6, 6.07) is 17.5. The van der Waals surface area contributed by atoms with Crippen molar-refractivity contribution in [1.29, 1.82) is 0 Å². The van der Waals surface area contributed by atoms with Gasteiger partial charge in [-0.2, -0.15) is 0 Å². The quantitative estimate of drug-likeness (QED) is 0.236. The molecule has 3 aromatic rings. The lowest BCUT2D eigenvalue weighted by molar-refractivity contribution is -0.122. The van der Waals surface area contributed by atoms with Crippen molar-refractivity contribution in [3.63, 3.8) is 0 Å². The van der Waals surface area contributed by atoms with Gasteiger partial charge in [0, 0.05) is 21.1 Å². The molecule has 150 valence electrons. The van der Waals surface area contributed by atoms with Crippen LogP contribution in [-0.4, -0.2) is 21.5 Å². The fourth-order valence-electron chi connectivity index (χ4n) is 3.47. The van der Waals surface area contributed by atoms with E-state index in [1.54, 1.807) is 6.08 Å². The Bertz CT molecular complexity index is 1190. The number of hydrogen-bond donors (Lipinski definition) is 1. The van der Waals surface area contributed by atoms with E-state index in [1.807, 2.05) is 79.2 Å². The van der Waals surface area contributed by atoms with Gasteiger partial charge in [0.15, 0.2) is 5.11 Å². The number of rotatable bonds is 3. The molecule has 0 radical (unpaired) electrons. The Labute approximate surface area is 193 Å². The van der Waals surface area contributed by atoms with Crippen LogP contribution < -0.4 is 10.2 Å². The third-order valence-corrected chi connectivity index (χ3v) is 5.75. The molecule has 1 saturated heterocycles. The van der Waals surface area contributed by atoms with Gasteiger partial charge in [-0.3, -0.25) is 19.8 Å². The first-order valence-corrected chi connectivity index (χ1v) is 10.8. The van der Waals surface area contributed by atoms with Crippen molar-refractivity contribution in [2.24, 2.45) is 0 Å². The van der Waals surface area contributed by atoms with Gasteiger partial charge in [-0.15, -0.1) is 0 Å². The largest absolute Gasteiger partial charge is 0.317 e. The average Bonchev–Trinajstić information content (AvgIpc) is 3.13. The molecule has 2 heterocycles. The number of nitrogens with one attached hydrogen (secondary N) is 1. The summed E-state index contributed by atoms with van der Waals surface area (Å²) in [6.45, 7) is 3.91. The minimum atomic E-state index is -0.499. The standard InChI is InChI=1S/C23H18IN3O2S/c1-14-10-15(2)12-19(11-14)27-22(29)20(21(28)25-23(27)30)13-18-4-3-9-26(18)17-7-5-16(24)6-8-17/h3-13H,1-2H3,(H,25,28,30)/b20-13+. The van der Waals surface area contributed by atoms with E-state index in [-0.39, 0.29) is 10.7 Å². The first-order chi connectivity index (χ1) is 14.3. The van der Waals surface area contributed by atoms with Crippen LogP contribution >= 0.6 is 34.8 Å². The first-order valence-electron chi connectivity index (χ1n) is 9.26. The van der Waals surface area contributed by atoms with Gasteiger partial charge in [-0.1, -0.05) is 6.07 Å². The molecule has 0 aliphatic carbocycles. The van der Waals surface area contributed by atoms with Gasteiger partial charge in [0.1, 0.15) is 5.57 Å². The Balaban J connectivity index is 1.76. The third kappa shape index (κ3) is 3.95. The van der Waals surface area contributed by atoms with Crippen molar-refractivity contribution in [3.05, 3.63) is 86.8 Å². The van der Waals surface area contributed by atoms with Gasteiger partial charge in [0.05, 0.1) is 5.69 Å². The van der Waals surface area contributed by atoms with E-state index in [9.17, 15) is 9.59 Å². The maximum absolute atomic E-state index is 13.3. The predicted molar refractivity (Wildman–Crippen MR) is 131 cm³/mol. The molecule has 0 spiro atoms. The van der Waals surface area contributed by atoms with Crippen LogP contribution in [0.5, 0.6) is 0 Å². The van der Waals surface area contributed by atoms with Crippen LogP contribution in [0.3, 0.4) is 0 Å². The summed E-state index contributed by atoms with van der Waals surface area (Å²) < 4.78 is 3.06. The molecule has 2 aromatic carbocycles. The SMILES string of the molecule is Cc1cc(C)cc(N2C(=O)/C(=C/c3cccn3-c3ccc(I)cc3)C(=O)NC2=S)c1. The monoisotopic (exact) mass is 527 g/mol. The van der Waals surface area contributed by atoms with E-state index in [1.165, 1.54) is 4.90 Å². The Hall–Kier alpha value is -2.78. The average molecular weight is 527 g/mol. The van der Waals surface area contributed by atoms with Gasteiger partial charge in [0.2, 0.25) is 0 Å². The Morgan fingerprint density at radius 1 is 0.967 bits per heavy atom. The summed E-state index contributed by atoms with van der Waals surface area (Å²) in [4.78, 5) is 27.3. The molecule has 1 aliphatic rings. The van der Waals surface area contributed by atoms with Crippen molar-refractivity contribution < 1.29 is 9.59 Å². The highest BCUT2D eigenvalue weighted by molar-refractivity contribution is 14.1. The highest BCUT2D eigenvalue weighted by Crippen LogP contribution is 2.25. The molecule has 1 N–H and O–H groups in total. The topological polar surface area (TPSA) is 54.3 Å². The number of hydrogen-bond acceptors (Lipinski definition) is 3. The molecule has 0 atom stereocenters. The molecule has 1 aliphatic heterocycles. The number of anilines is 1. The maximum atomic E-state index is 13.3. The molecule has 1 aromatic heterocycles. The van der Waals surface area contributed by atoms with Gasteiger partial charge < -0.3 is 4.57 Å². The van der Waals surface area contributed by atoms with Gasteiger partial charge in [0.25, 0.3) is 11.8 Å². The molecule has 1 fully saturated rings. The second kappa shape index (κ2) is 8.16. The summed E-state index contributed by atoms with van der Waals surface area (Å²) >= 11 is 7.56. The molecule has 2 amide bonds. The van der Waals surface area contributed by atoms with Crippen LogP contribution in [0.4, 0.5) is 5.69 Å². The first kappa shape index (κ1) is 20.5. The molecule has 7 heteroatoms. The Morgan fingerprint density at radius 2 is 1.63 bits per heavy atom. The number of aromatic nitrogens is 1. The third-order valence-electron chi connectivity index (χ3n) is 4.74. The van der Waals surface area contributed by atoms with E-state index in [0.29, 0.717) is 5.69 Å². The van der Waals surface area contributed by atoms with Crippen LogP contribution in [0.25, 0.3) is 11.8 Å². The minimum Gasteiger partial charge on any atom is -0.317 e. The molecule has 0 saturated carbocycles. The Kier molecular flexibility index (Phi) is 5.57.